The van der Waals surface area contributed by atoms with Gasteiger partial charge < -0.3 is 10.2 Å². The molecule has 1 aromatic rings. The fourth-order valence-corrected chi connectivity index (χ4v) is 2.47. The molecule has 0 bridgehead atoms. The van der Waals surface area contributed by atoms with Gasteiger partial charge >= 0.3 is 0 Å². The van der Waals surface area contributed by atoms with Gasteiger partial charge in [0.15, 0.2) is 0 Å². The number of rotatable bonds is 5. The molecule has 2 rings (SSSR count). The molecule has 108 valence electrons. The highest BCUT2D eigenvalue weighted by molar-refractivity contribution is 5.89. The Labute approximate surface area is 120 Å². The van der Waals surface area contributed by atoms with Gasteiger partial charge in [-0.1, -0.05) is 37.3 Å². The number of hydrogen-bond donors (Lipinski definition) is 1. The molecule has 0 aliphatic carbocycles. The monoisotopic (exact) mass is 274 g/mol. The van der Waals surface area contributed by atoms with E-state index in [4.69, 9.17) is 0 Å². The van der Waals surface area contributed by atoms with E-state index in [-0.39, 0.29) is 23.8 Å². The Hall–Kier alpha value is -1.84. The van der Waals surface area contributed by atoms with Crippen LogP contribution in [-0.4, -0.2) is 29.3 Å². The summed E-state index contributed by atoms with van der Waals surface area (Å²) in [6.45, 7) is 5.22. The second-order valence-corrected chi connectivity index (χ2v) is 5.41. The van der Waals surface area contributed by atoms with Crippen LogP contribution in [-0.2, 0) is 16.1 Å². The molecule has 0 aromatic heterocycles. The first-order valence-electron chi connectivity index (χ1n) is 7.23. The van der Waals surface area contributed by atoms with Gasteiger partial charge in [0.25, 0.3) is 0 Å². The first-order chi connectivity index (χ1) is 9.61. The molecule has 2 unspecified atom stereocenters. The molecule has 0 radical (unpaired) electrons. The van der Waals surface area contributed by atoms with Crippen molar-refractivity contribution in [1.29, 1.82) is 0 Å². The molecular formula is C16H22N2O2. The molecule has 1 heterocycles. The highest BCUT2D eigenvalue weighted by Crippen LogP contribution is 2.18. The van der Waals surface area contributed by atoms with Gasteiger partial charge in [0.2, 0.25) is 11.8 Å². The van der Waals surface area contributed by atoms with Crippen LogP contribution in [0.15, 0.2) is 30.3 Å². The molecule has 0 spiro atoms. The number of nitrogens with zero attached hydrogens (tertiary/aromatic N) is 1. The van der Waals surface area contributed by atoms with Gasteiger partial charge in [-0.15, -0.1) is 0 Å². The SMILES string of the molecule is CCC(C)N(Cc1ccccc1)C(=O)C1CNC(=O)C1. The maximum Gasteiger partial charge on any atom is 0.228 e. The van der Waals surface area contributed by atoms with Gasteiger partial charge in [-0.3, -0.25) is 9.59 Å². The van der Waals surface area contributed by atoms with Crippen LogP contribution in [0.5, 0.6) is 0 Å². The number of nitrogens with one attached hydrogen (secondary N) is 1. The van der Waals surface area contributed by atoms with E-state index in [1.807, 2.05) is 35.2 Å². The molecule has 0 saturated carbocycles. The summed E-state index contributed by atoms with van der Waals surface area (Å²) in [7, 11) is 0. The van der Waals surface area contributed by atoms with Crippen LogP contribution in [0.25, 0.3) is 0 Å². The summed E-state index contributed by atoms with van der Waals surface area (Å²) >= 11 is 0. The van der Waals surface area contributed by atoms with Crippen LogP contribution in [0, 0.1) is 5.92 Å². The molecule has 4 heteroatoms. The molecule has 4 nitrogen and oxygen atoms in total. The normalized spacial score (nSPS) is 19.5. The van der Waals surface area contributed by atoms with Crippen molar-refractivity contribution in [2.75, 3.05) is 6.54 Å². The molecule has 2 atom stereocenters. The summed E-state index contributed by atoms with van der Waals surface area (Å²) in [6, 6.07) is 10.2. The minimum absolute atomic E-state index is 0.0211. The van der Waals surface area contributed by atoms with Crippen molar-refractivity contribution in [1.82, 2.24) is 10.2 Å². The van der Waals surface area contributed by atoms with Crippen molar-refractivity contribution in [3.05, 3.63) is 35.9 Å². The molecule has 2 amide bonds. The predicted molar refractivity (Wildman–Crippen MR) is 77.9 cm³/mol. The van der Waals surface area contributed by atoms with Crippen molar-refractivity contribution in [2.45, 2.75) is 39.3 Å². The third-order valence-corrected chi connectivity index (χ3v) is 3.93. The lowest BCUT2D eigenvalue weighted by molar-refractivity contribution is -0.138. The summed E-state index contributed by atoms with van der Waals surface area (Å²) in [5.41, 5.74) is 1.12. The van der Waals surface area contributed by atoms with E-state index in [0.29, 0.717) is 19.5 Å². The van der Waals surface area contributed by atoms with Gasteiger partial charge in [-0.2, -0.15) is 0 Å². The summed E-state index contributed by atoms with van der Waals surface area (Å²) in [4.78, 5) is 25.8. The second-order valence-electron chi connectivity index (χ2n) is 5.41. The Balaban J connectivity index is 2.11. The lowest BCUT2D eigenvalue weighted by Gasteiger charge is -2.30. The largest absolute Gasteiger partial charge is 0.355 e. The number of amides is 2. The van der Waals surface area contributed by atoms with Gasteiger partial charge in [-0.25, -0.2) is 0 Å². The quantitative estimate of drug-likeness (QED) is 0.892. The Kier molecular flexibility index (Phi) is 4.77. The third-order valence-electron chi connectivity index (χ3n) is 3.93. The molecule has 1 saturated heterocycles. The van der Waals surface area contributed by atoms with E-state index in [1.54, 1.807) is 0 Å². The van der Waals surface area contributed by atoms with Crippen LogP contribution in [0.2, 0.25) is 0 Å². The van der Waals surface area contributed by atoms with E-state index in [2.05, 4.69) is 19.2 Å². The smallest absolute Gasteiger partial charge is 0.228 e. The van der Waals surface area contributed by atoms with Crippen LogP contribution in [0.3, 0.4) is 0 Å². The molecule has 1 aliphatic rings. The summed E-state index contributed by atoms with van der Waals surface area (Å²) in [6.07, 6.45) is 1.23. The van der Waals surface area contributed by atoms with Crippen molar-refractivity contribution >= 4 is 11.8 Å². The van der Waals surface area contributed by atoms with Gasteiger partial charge in [0.1, 0.15) is 0 Å². The zero-order valence-electron chi connectivity index (χ0n) is 12.1. The Bertz CT molecular complexity index is 473. The first kappa shape index (κ1) is 14.6. The van der Waals surface area contributed by atoms with Gasteiger partial charge in [-0.05, 0) is 18.9 Å². The topological polar surface area (TPSA) is 49.4 Å². The third kappa shape index (κ3) is 3.38. The first-order valence-corrected chi connectivity index (χ1v) is 7.23. The maximum absolute atomic E-state index is 12.6. The van der Waals surface area contributed by atoms with Crippen molar-refractivity contribution in [3.8, 4) is 0 Å². The summed E-state index contributed by atoms with van der Waals surface area (Å²) in [5, 5.41) is 2.74. The summed E-state index contributed by atoms with van der Waals surface area (Å²) in [5.74, 6) is -0.145. The standard InChI is InChI=1S/C16H22N2O2/c1-3-12(2)18(11-13-7-5-4-6-8-13)16(20)14-9-15(19)17-10-14/h4-8,12,14H,3,9-11H2,1-2H3,(H,17,19). The highest BCUT2D eigenvalue weighted by Gasteiger charge is 2.32. The van der Waals surface area contributed by atoms with E-state index in [1.165, 1.54) is 0 Å². The van der Waals surface area contributed by atoms with E-state index in [9.17, 15) is 9.59 Å². The van der Waals surface area contributed by atoms with Crippen molar-refractivity contribution < 1.29 is 9.59 Å². The van der Waals surface area contributed by atoms with Crippen molar-refractivity contribution in [3.63, 3.8) is 0 Å². The van der Waals surface area contributed by atoms with E-state index in [0.717, 1.165) is 12.0 Å². The number of benzene rings is 1. The molecule has 1 aliphatic heterocycles. The van der Waals surface area contributed by atoms with Crippen LogP contribution in [0.4, 0.5) is 0 Å². The number of carbonyl (C=O) groups excluding carboxylic acids is 2. The Morgan fingerprint density at radius 1 is 1.40 bits per heavy atom. The lowest BCUT2D eigenvalue weighted by atomic mass is 10.0. The van der Waals surface area contributed by atoms with Crippen molar-refractivity contribution in [2.24, 2.45) is 5.92 Å². The molecule has 1 fully saturated rings. The van der Waals surface area contributed by atoms with Crippen LogP contribution < -0.4 is 5.32 Å². The minimum Gasteiger partial charge on any atom is -0.355 e. The number of hydrogen-bond acceptors (Lipinski definition) is 2. The molecule has 20 heavy (non-hydrogen) atoms. The fraction of sp³-hybridized carbons (Fsp3) is 0.500. The Morgan fingerprint density at radius 3 is 2.65 bits per heavy atom. The molecule has 1 N–H and O–H groups in total. The Morgan fingerprint density at radius 2 is 2.10 bits per heavy atom. The molecule has 1 aromatic carbocycles. The summed E-state index contributed by atoms with van der Waals surface area (Å²) < 4.78 is 0. The zero-order valence-corrected chi connectivity index (χ0v) is 12.1. The average Bonchev–Trinajstić information content (AvgIpc) is 2.91. The van der Waals surface area contributed by atoms with Crippen LogP contribution >= 0.6 is 0 Å². The lowest BCUT2D eigenvalue weighted by Crippen LogP contribution is -2.42. The second kappa shape index (κ2) is 6.55. The minimum atomic E-state index is -0.208. The average molecular weight is 274 g/mol. The van der Waals surface area contributed by atoms with Gasteiger partial charge in [0.05, 0.1) is 5.92 Å². The fourth-order valence-electron chi connectivity index (χ4n) is 2.47. The van der Waals surface area contributed by atoms with Crippen LogP contribution in [0.1, 0.15) is 32.3 Å². The molecular weight excluding hydrogens is 252 g/mol. The van der Waals surface area contributed by atoms with E-state index < -0.39 is 0 Å². The zero-order chi connectivity index (χ0) is 14.5. The predicted octanol–water partition coefficient (Wildman–Crippen LogP) is 1.95. The highest BCUT2D eigenvalue weighted by atomic mass is 16.2. The van der Waals surface area contributed by atoms with E-state index >= 15 is 0 Å². The maximum atomic E-state index is 12.6. The van der Waals surface area contributed by atoms with Gasteiger partial charge in [0, 0.05) is 25.6 Å². The number of carbonyl (C=O) groups is 2.